The zero-order valence-corrected chi connectivity index (χ0v) is 12.1. The molecule has 112 valence electrons. The van der Waals surface area contributed by atoms with Crippen molar-refractivity contribution >= 4 is 29.2 Å². The molecule has 1 atom stereocenters. The molecular formula is C16H12ClNO4. The van der Waals surface area contributed by atoms with Crippen LogP contribution in [0.3, 0.4) is 0 Å². The third kappa shape index (κ3) is 2.63. The number of carbonyl (C=O) groups excluding carboxylic acids is 1. The SMILES string of the molecule is O=C(O)c1ccc(NC(=O)C2COc3ccccc32)cc1Cl. The van der Waals surface area contributed by atoms with Crippen LogP contribution in [0.15, 0.2) is 42.5 Å². The van der Waals surface area contributed by atoms with Gasteiger partial charge in [0.25, 0.3) is 0 Å². The highest BCUT2D eigenvalue weighted by molar-refractivity contribution is 6.33. The average molecular weight is 318 g/mol. The summed E-state index contributed by atoms with van der Waals surface area (Å²) in [5.41, 5.74) is 1.28. The quantitative estimate of drug-likeness (QED) is 0.911. The first kappa shape index (κ1) is 14.4. The Hall–Kier alpha value is -2.53. The number of hydrogen-bond donors (Lipinski definition) is 2. The highest BCUT2D eigenvalue weighted by atomic mass is 35.5. The van der Waals surface area contributed by atoms with Crippen molar-refractivity contribution in [3.8, 4) is 5.75 Å². The van der Waals surface area contributed by atoms with Crippen LogP contribution in [0.4, 0.5) is 5.69 Å². The van der Waals surface area contributed by atoms with Crippen LogP contribution in [0.2, 0.25) is 5.02 Å². The molecule has 0 radical (unpaired) electrons. The molecule has 1 amide bonds. The molecule has 1 heterocycles. The molecule has 1 aliphatic heterocycles. The summed E-state index contributed by atoms with van der Waals surface area (Å²) in [5.74, 6) is -1.01. The van der Waals surface area contributed by atoms with Crippen molar-refractivity contribution in [2.45, 2.75) is 5.92 Å². The van der Waals surface area contributed by atoms with Crippen molar-refractivity contribution in [2.75, 3.05) is 11.9 Å². The maximum Gasteiger partial charge on any atom is 0.337 e. The van der Waals surface area contributed by atoms with Crippen molar-refractivity contribution in [3.63, 3.8) is 0 Å². The largest absolute Gasteiger partial charge is 0.492 e. The van der Waals surface area contributed by atoms with E-state index in [1.807, 2.05) is 24.3 Å². The first-order valence-electron chi connectivity index (χ1n) is 6.61. The van der Waals surface area contributed by atoms with Gasteiger partial charge in [0.1, 0.15) is 18.3 Å². The smallest absolute Gasteiger partial charge is 0.337 e. The Bertz CT molecular complexity index is 760. The molecule has 0 fully saturated rings. The number of carboxylic acid groups (broad SMARTS) is 1. The van der Waals surface area contributed by atoms with E-state index in [4.69, 9.17) is 21.4 Å². The number of rotatable bonds is 3. The first-order valence-corrected chi connectivity index (χ1v) is 6.99. The molecule has 1 unspecified atom stereocenters. The number of amides is 1. The highest BCUT2D eigenvalue weighted by Gasteiger charge is 2.30. The second-order valence-electron chi connectivity index (χ2n) is 4.89. The van der Waals surface area contributed by atoms with Gasteiger partial charge in [0, 0.05) is 11.3 Å². The van der Waals surface area contributed by atoms with E-state index in [0.717, 1.165) is 5.56 Å². The predicted octanol–water partition coefficient (Wildman–Crippen LogP) is 3.15. The summed E-state index contributed by atoms with van der Waals surface area (Å²) in [6.45, 7) is 0.284. The summed E-state index contributed by atoms with van der Waals surface area (Å²) >= 11 is 5.89. The lowest BCUT2D eigenvalue weighted by Crippen LogP contribution is -2.22. The fourth-order valence-electron chi connectivity index (χ4n) is 2.38. The van der Waals surface area contributed by atoms with Crippen LogP contribution in [0, 0.1) is 0 Å². The van der Waals surface area contributed by atoms with E-state index in [-0.39, 0.29) is 23.1 Å². The van der Waals surface area contributed by atoms with E-state index in [1.54, 1.807) is 0 Å². The maximum absolute atomic E-state index is 12.4. The Morgan fingerprint density at radius 3 is 2.73 bits per heavy atom. The minimum atomic E-state index is -1.11. The number of halogens is 1. The zero-order chi connectivity index (χ0) is 15.7. The van der Waals surface area contributed by atoms with Crippen LogP contribution in [-0.2, 0) is 4.79 Å². The summed E-state index contributed by atoms with van der Waals surface area (Å²) in [7, 11) is 0. The van der Waals surface area contributed by atoms with Crippen LogP contribution in [0.5, 0.6) is 5.75 Å². The summed E-state index contributed by atoms with van der Waals surface area (Å²) in [6, 6.07) is 11.7. The number of ether oxygens (including phenoxy) is 1. The third-order valence-corrected chi connectivity index (χ3v) is 3.80. The van der Waals surface area contributed by atoms with Gasteiger partial charge in [-0.05, 0) is 24.3 Å². The number of anilines is 1. The van der Waals surface area contributed by atoms with Gasteiger partial charge >= 0.3 is 5.97 Å². The molecule has 0 aromatic heterocycles. The fraction of sp³-hybridized carbons (Fsp3) is 0.125. The molecule has 2 aromatic rings. The average Bonchev–Trinajstić information content (AvgIpc) is 2.91. The summed E-state index contributed by atoms with van der Waals surface area (Å²) in [5, 5.41) is 11.7. The van der Waals surface area contributed by atoms with E-state index >= 15 is 0 Å². The molecule has 0 bridgehead atoms. The van der Waals surface area contributed by atoms with Gasteiger partial charge in [-0.2, -0.15) is 0 Å². The number of carboxylic acids is 1. The second-order valence-corrected chi connectivity index (χ2v) is 5.30. The fourth-order valence-corrected chi connectivity index (χ4v) is 2.64. The molecule has 5 nitrogen and oxygen atoms in total. The third-order valence-electron chi connectivity index (χ3n) is 3.48. The minimum absolute atomic E-state index is 0.00536. The maximum atomic E-state index is 12.4. The van der Waals surface area contributed by atoms with Crippen molar-refractivity contribution in [1.82, 2.24) is 0 Å². The molecule has 3 rings (SSSR count). The van der Waals surface area contributed by atoms with Gasteiger partial charge in [0.05, 0.1) is 10.6 Å². The summed E-state index contributed by atoms with van der Waals surface area (Å²) < 4.78 is 5.48. The molecule has 0 saturated heterocycles. The highest BCUT2D eigenvalue weighted by Crippen LogP contribution is 2.34. The van der Waals surface area contributed by atoms with Gasteiger partial charge < -0.3 is 15.2 Å². The van der Waals surface area contributed by atoms with Crippen LogP contribution in [0.1, 0.15) is 21.8 Å². The van der Waals surface area contributed by atoms with E-state index in [0.29, 0.717) is 11.4 Å². The molecule has 1 aliphatic rings. The topological polar surface area (TPSA) is 75.6 Å². The van der Waals surface area contributed by atoms with E-state index in [1.165, 1.54) is 18.2 Å². The lowest BCUT2D eigenvalue weighted by atomic mass is 10.0. The lowest BCUT2D eigenvalue weighted by molar-refractivity contribution is -0.117. The monoisotopic (exact) mass is 317 g/mol. The molecular weight excluding hydrogens is 306 g/mol. The zero-order valence-electron chi connectivity index (χ0n) is 11.4. The molecule has 22 heavy (non-hydrogen) atoms. The summed E-state index contributed by atoms with van der Waals surface area (Å²) in [6.07, 6.45) is 0. The Labute approximate surface area is 131 Å². The number of carbonyl (C=O) groups is 2. The molecule has 6 heteroatoms. The number of aromatic carboxylic acids is 1. The minimum Gasteiger partial charge on any atom is -0.492 e. The van der Waals surface area contributed by atoms with E-state index in [2.05, 4.69) is 5.32 Å². The van der Waals surface area contributed by atoms with Crippen molar-refractivity contribution < 1.29 is 19.4 Å². The number of nitrogens with one attached hydrogen (secondary N) is 1. The lowest BCUT2D eigenvalue weighted by Gasteiger charge is -2.11. The van der Waals surface area contributed by atoms with Gasteiger partial charge in [-0.3, -0.25) is 4.79 Å². The Morgan fingerprint density at radius 2 is 2.00 bits per heavy atom. The van der Waals surface area contributed by atoms with Crippen LogP contribution < -0.4 is 10.1 Å². The van der Waals surface area contributed by atoms with Crippen molar-refractivity contribution in [3.05, 3.63) is 58.6 Å². The number of para-hydroxylation sites is 1. The van der Waals surface area contributed by atoms with Gasteiger partial charge in [-0.15, -0.1) is 0 Å². The first-order chi connectivity index (χ1) is 10.6. The van der Waals surface area contributed by atoms with Crippen LogP contribution in [-0.4, -0.2) is 23.6 Å². The van der Waals surface area contributed by atoms with Crippen LogP contribution >= 0.6 is 11.6 Å². The predicted molar refractivity (Wildman–Crippen MR) is 81.7 cm³/mol. The number of benzene rings is 2. The van der Waals surface area contributed by atoms with Crippen LogP contribution in [0.25, 0.3) is 0 Å². The normalized spacial score (nSPS) is 15.8. The van der Waals surface area contributed by atoms with Gasteiger partial charge in [0.15, 0.2) is 0 Å². The molecule has 2 aromatic carbocycles. The summed E-state index contributed by atoms with van der Waals surface area (Å²) in [4.78, 5) is 23.3. The van der Waals surface area contributed by atoms with Crippen molar-refractivity contribution in [2.24, 2.45) is 0 Å². The van der Waals surface area contributed by atoms with Gasteiger partial charge in [-0.25, -0.2) is 4.79 Å². The van der Waals surface area contributed by atoms with E-state index < -0.39 is 11.9 Å². The molecule has 0 spiro atoms. The number of hydrogen-bond acceptors (Lipinski definition) is 3. The van der Waals surface area contributed by atoms with E-state index in [9.17, 15) is 9.59 Å². The van der Waals surface area contributed by atoms with Gasteiger partial charge in [-0.1, -0.05) is 29.8 Å². The Kier molecular flexibility index (Phi) is 3.73. The molecule has 0 saturated carbocycles. The van der Waals surface area contributed by atoms with Crippen molar-refractivity contribution in [1.29, 1.82) is 0 Å². The molecule has 0 aliphatic carbocycles. The standard InChI is InChI=1S/C16H12ClNO4/c17-13-7-9(5-6-11(13)16(20)21)18-15(19)12-8-22-14-4-2-1-3-10(12)14/h1-7,12H,8H2,(H,18,19)(H,20,21). The Morgan fingerprint density at radius 1 is 1.23 bits per heavy atom. The molecule has 2 N–H and O–H groups in total. The number of fused-ring (bicyclic) bond motifs is 1. The Balaban J connectivity index is 1.78. The van der Waals surface area contributed by atoms with Gasteiger partial charge in [0.2, 0.25) is 5.91 Å². The second kappa shape index (κ2) is 5.69.